The highest BCUT2D eigenvalue weighted by Crippen LogP contribution is 2.25. The molecule has 8 heteroatoms. The zero-order valence-corrected chi connectivity index (χ0v) is 19.3. The number of benzene rings is 3. The molecule has 0 aliphatic carbocycles. The molecule has 1 atom stereocenters. The van der Waals surface area contributed by atoms with Crippen LogP contribution in [0.1, 0.15) is 29.7 Å². The predicted molar refractivity (Wildman–Crippen MR) is 128 cm³/mol. The van der Waals surface area contributed by atoms with Crippen molar-refractivity contribution in [2.24, 2.45) is 0 Å². The van der Waals surface area contributed by atoms with Gasteiger partial charge in [-0.25, -0.2) is 4.68 Å². The van der Waals surface area contributed by atoms with E-state index in [9.17, 15) is 4.79 Å². The number of tetrazole rings is 1. The van der Waals surface area contributed by atoms with Crippen LogP contribution >= 0.6 is 11.8 Å². The van der Waals surface area contributed by atoms with Gasteiger partial charge in [-0.3, -0.25) is 4.79 Å². The van der Waals surface area contributed by atoms with Gasteiger partial charge in [0.2, 0.25) is 11.1 Å². The molecule has 1 amide bonds. The van der Waals surface area contributed by atoms with Crippen LogP contribution in [0.5, 0.6) is 5.75 Å². The first-order chi connectivity index (χ1) is 16.1. The summed E-state index contributed by atoms with van der Waals surface area (Å²) in [6.07, 6.45) is 0. The van der Waals surface area contributed by atoms with Crippen molar-refractivity contribution in [2.45, 2.75) is 29.9 Å². The number of hydrogen-bond acceptors (Lipinski definition) is 6. The number of carbonyl (C=O) groups is 1. The van der Waals surface area contributed by atoms with Crippen LogP contribution in [0.4, 0.5) is 0 Å². The second-order valence-corrected chi connectivity index (χ2v) is 8.80. The van der Waals surface area contributed by atoms with E-state index in [1.807, 2.05) is 91.9 Å². The Labute approximate surface area is 197 Å². The van der Waals surface area contributed by atoms with Crippen LogP contribution in [-0.4, -0.2) is 38.5 Å². The molecule has 3 aromatic carbocycles. The van der Waals surface area contributed by atoms with Gasteiger partial charge in [-0.2, -0.15) is 0 Å². The summed E-state index contributed by atoms with van der Waals surface area (Å²) in [5.74, 6) is 0.707. The van der Waals surface area contributed by atoms with Gasteiger partial charge in [-0.15, -0.1) is 5.10 Å². The molecule has 0 radical (unpaired) electrons. The molecular weight excluding hydrogens is 434 g/mol. The van der Waals surface area contributed by atoms with Gasteiger partial charge in [0.1, 0.15) is 5.75 Å². The van der Waals surface area contributed by atoms with Crippen LogP contribution in [-0.2, 0) is 11.3 Å². The van der Waals surface area contributed by atoms with Crippen molar-refractivity contribution in [1.29, 1.82) is 0 Å². The number of methoxy groups -OCH3 is 1. The Hall–Kier alpha value is -3.65. The Morgan fingerprint density at radius 1 is 0.970 bits per heavy atom. The minimum atomic E-state index is -0.388. The number of rotatable bonds is 9. The van der Waals surface area contributed by atoms with Gasteiger partial charge < -0.3 is 10.1 Å². The van der Waals surface area contributed by atoms with Crippen LogP contribution in [0.3, 0.4) is 0 Å². The Morgan fingerprint density at radius 3 is 2.15 bits per heavy atom. The third kappa shape index (κ3) is 5.78. The van der Waals surface area contributed by atoms with E-state index in [0.29, 0.717) is 11.7 Å². The second kappa shape index (κ2) is 10.8. The maximum atomic E-state index is 13.1. The Kier molecular flexibility index (Phi) is 7.36. The SMILES string of the molecule is COc1ccc(Cn2nnnc2SC(C)C(=O)NC(c2ccccc2)c2ccccc2)cc1. The molecule has 33 heavy (non-hydrogen) atoms. The molecule has 4 aromatic rings. The first kappa shape index (κ1) is 22.5. The van der Waals surface area contributed by atoms with Crippen molar-refractivity contribution < 1.29 is 9.53 Å². The third-order valence-corrected chi connectivity index (χ3v) is 6.27. The third-order valence-electron chi connectivity index (χ3n) is 5.19. The molecule has 4 rings (SSSR count). The Morgan fingerprint density at radius 2 is 1.58 bits per heavy atom. The maximum Gasteiger partial charge on any atom is 0.234 e. The van der Waals surface area contributed by atoms with E-state index >= 15 is 0 Å². The summed E-state index contributed by atoms with van der Waals surface area (Å²) in [7, 11) is 1.64. The number of carbonyl (C=O) groups excluding carboxylic acids is 1. The average Bonchev–Trinajstić information content (AvgIpc) is 3.30. The number of nitrogens with zero attached hydrogens (tertiary/aromatic N) is 4. The quantitative estimate of drug-likeness (QED) is 0.379. The zero-order chi connectivity index (χ0) is 23.0. The summed E-state index contributed by atoms with van der Waals surface area (Å²) in [5, 5.41) is 15.4. The Balaban J connectivity index is 1.45. The maximum absolute atomic E-state index is 13.1. The highest BCUT2D eigenvalue weighted by molar-refractivity contribution is 8.00. The summed E-state index contributed by atoms with van der Waals surface area (Å²) < 4.78 is 6.90. The largest absolute Gasteiger partial charge is 0.497 e. The van der Waals surface area contributed by atoms with Gasteiger partial charge in [-0.05, 0) is 46.2 Å². The molecule has 0 saturated heterocycles. The van der Waals surface area contributed by atoms with Crippen LogP contribution < -0.4 is 10.1 Å². The molecule has 0 fully saturated rings. The van der Waals surface area contributed by atoms with Gasteiger partial charge in [0, 0.05) is 0 Å². The van der Waals surface area contributed by atoms with Gasteiger partial charge >= 0.3 is 0 Å². The van der Waals surface area contributed by atoms with Crippen LogP contribution in [0.2, 0.25) is 0 Å². The molecule has 1 aromatic heterocycles. The molecule has 0 saturated carbocycles. The van der Waals surface area contributed by atoms with Gasteiger partial charge in [0.25, 0.3) is 0 Å². The molecule has 7 nitrogen and oxygen atoms in total. The van der Waals surface area contributed by atoms with Gasteiger partial charge in [0.05, 0.1) is 24.9 Å². The fourth-order valence-corrected chi connectivity index (χ4v) is 4.20. The van der Waals surface area contributed by atoms with Crippen molar-refractivity contribution >= 4 is 17.7 Å². The van der Waals surface area contributed by atoms with E-state index in [0.717, 1.165) is 22.4 Å². The van der Waals surface area contributed by atoms with Crippen molar-refractivity contribution in [3.8, 4) is 5.75 Å². The number of aromatic nitrogens is 4. The standard InChI is InChI=1S/C25H25N5O2S/c1-18(33-25-27-28-29-30(25)17-19-13-15-22(32-2)16-14-19)24(31)26-23(20-9-5-3-6-10-20)21-11-7-4-8-12-21/h3-16,18,23H,17H2,1-2H3,(H,26,31). The Bertz CT molecular complexity index is 1130. The highest BCUT2D eigenvalue weighted by atomic mass is 32.2. The molecule has 1 unspecified atom stereocenters. The van der Waals surface area contributed by atoms with E-state index in [-0.39, 0.29) is 17.2 Å². The normalized spacial score (nSPS) is 11.8. The number of nitrogens with one attached hydrogen (secondary N) is 1. The molecule has 168 valence electrons. The molecular formula is C25H25N5O2S. The van der Waals surface area contributed by atoms with E-state index in [1.165, 1.54) is 11.8 Å². The lowest BCUT2D eigenvalue weighted by atomic mass is 9.98. The molecule has 0 bridgehead atoms. The number of amides is 1. The number of thioether (sulfide) groups is 1. The monoisotopic (exact) mass is 459 g/mol. The van der Waals surface area contributed by atoms with E-state index < -0.39 is 0 Å². The minimum Gasteiger partial charge on any atom is -0.497 e. The van der Waals surface area contributed by atoms with E-state index in [4.69, 9.17) is 4.74 Å². The smallest absolute Gasteiger partial charge is 0.234 e. The zero-order valence-electron chi connectivity index (χ0n) is 18.5. The minimum absolute atomic E-state index is 0.0864. The topological polar surface area (TPSA) is 81.9 Å². The fraction of sp³-hybridized carbons (Fsp3) is 0.200. The first-order valence-electron chi connectivity index (χ1n) is 10.6. The number of hydrogen-bond donors (Lipinski definition) is 1. The van der Waals surface area contributed by atoms with Crippen molar-refractivity contribution in [3.63, 3.8) is 0 Å². The van der Waals surface area contributed by atoms with Crippen molar-refractivity contribution in [3.05, 3.63) is 102 Å². The van der Waals surface area contributed by atoms with Crippen molar-refractivity contribution in [1.82, 2.24) is 25.5 Å². The van der Waals surface area contributed by atoms with Crippen LogP contribution in [0, 0.1) is 0 Å². The molecule has 1 N–H and O–H groups in total. The summed E-state index contributed by atoms with van der Waals surface area (Å²) in [4.78, 5) is 13.1. The molecule has 0 aliphatic heterocycles. The van der Waals surface area contributed by atoms with E-state index in [1.54, 1.807) is 11.8 Å². The predicted octanol–water partition coefficient (Wildman–Crippen LogP) is 4.12. The molecule has 1 heterocycles. The average molecular weight is 460 g/mol. The fourth-order valence-electron chi connectivity index (χ4n) is 3.41. The van der Waals surface area contributed by atoms with Gasteiger partial charge in [0.15, 0.2) is 0 Å². The van der Waals surface area contributed by atoms with Crippen LogP contribution in [0.15, 0.2) is 90.1 Å². The lowest BCUT2D eigenvalue weighted by Crippen LogP contribution is -2.35. The van der Waals surface area contributed by atoms with Crippen molar-refractivity contribution in [2.75, 3.05) is 7.11 Å². The first-order valence-corrected chi connectivity index (χ1v) is 11.5. The van der Waals surface area contributed by atoms with Gasteiger partial charge in [-0.1, -0.05) is 84.6 Å². The second-order valence-electron chi connectivity index (χ2n) is 7.49. The summed E-state index contributed by atoms with van der Waals surface area (Å²) in [5.41, 5.74) is 3.09. The summed E-state index contributed by atoms with van der Waals surface area (Å²) >= 11 is 1.33. The number of ether oxygens (including phenoxy) is 1. The van der Waals surface area contributed by atoms with Crippen LogP contribution in [0.25, 0.3) is 0 Å². The summed E-state index contributed by atoms with van der Waals surface area (Å²) in [6, 6.07) is 27.4. The molecule has 0 spiro atoms. The molecule has 0 aliphatic rings. The lowest BCUT2D eigenvalue weighted by molar-refractivity contribution is -0.120. The highest BCUT2D eigenvalue weighted by Gasteiger charge is 2.23. The lowest BCUT2D eigenvalue weighted by Gasteiger charge is -2.22. The van der Waals surface area contributed by atoms with E-state index in [2.05, 4.69) is 20.8 Å². The summed E-state index contributed by atoms with van der Waals surface area (Å²) in [6.45, 7) is 2.36.